The average molecular weight is 327 g/mol. The van der Waals surface area contributed by atoms with Gasteiger partial charge in [0, 0.05) is 10.0 Å². The van der Waals surface area contributed by atoms with Crippen LogP contribution in [0.3, 0.4) is 0 Å². The fourth-order valence-electron chi connectivity index (χ4n) is 2.41. The second-order valence-corrected chi connectivity index (χ2v) is 5.90. The summed E-state index contributed by atoms with van der Waals surface area (Å²) in [6, 6.07) is 14.6. The fraction of sp³-hybridized carbons (Fsp3) is 0.222. The van der Waals surface area contributed by atoms with E-state index in [2.05, 4.69) is 65.0 Å². The number of hydrogen-bond donors (Lipinski definition) is 0. The molecule has 0 bridgehead atoms. The summed E-state index contributed by atoms with van der Waals surface area (Å²) in [5.41, 5.74) is 4.79. The zero-order valence-electron chi connectivity index (χ0n) is 11.3. The van der Waals surface area contributed by atoms with Crippen LogP contribution in [0.5, 0.6) is 0 Å². The monoisotopic (exact) mass is 326 g/mol. The first-order chi connectivity index (χ1) is 9.72. The molecule has 100 valence electrons. The van der Waals surface area contributed by atoms with E-state index >= 15 is 0 Å². The Morgan fingerprint density at radius 2 is 2.10 bits per heavy atom. The second kappa shape index (κ2) is 5.83. The normalized spacial score (nSPS) is 17.0. The summed E-state index contributed by atoms with van der Waals surface area (Å²) in [6.07, 6.45) is 0.838. The summed E-state index contributed by atoms with van der Waals surface area (Å²) in [7, 11) is 0. The summed E-state index contributed by atoms with van der Waals surface area (Å²) in [5.74, 6) is 6.48. The van der Waals surface area contributed by atoms with Gasteiger partial charge in [0.2, 0.25) is 0 Å². The average Bonchev–Trinajstić information content (AvgIpc) is 2.44. The van der Waals surface area contributed by atoms with Gasteiger partial charge in [0.25, 0.3) is 0 Å². The van der Waals surface area contributed by atoms with Gasteiger partial charge in [-0.3, -0.25) is 0 Å². The van der Waals surface area contributed by atoms with Crippen LogP contribution in [0, 0.1) is 18.8 Å². The molecule has 3 rings (SSSR count). The van der Waals surface area contributed by atoms with Gasteiger partial charge in [-0.05, 0) is 54.3 Å². The highest BCUT2D eigenvalue weighted by atomic mass is 79.9. The van der Waals surface area contributed by atoms with Crippen molar-refractivity contribution in [3.05, 3.63) is 69.2 Å². The zero-order chi connectivity index (χ0) is 13.9. The van der Waals surface area contributed by atoms with Gasteiger partial charge in [-0.15, -0.1) is 0 Å². The highest BCUT2D eigenvalue weighted by molar-refractivity contribution is 9.10. The van der Waals surface area contributed by atoms with Gasteiger partial charge >= 0.3 is 0 Å². The number of aryl methyl sites for hydroxylation is 1. The minimum Gasteiger partial charge on any atom is -0.360 e. The van der Waals surface area contributed by atoms with Crippen LogP contribution in [0.2, 0.25) is 0 Å². The largest absolute Gasteiger partial charge is 0.360 e. The van der Waals surface area contributed by atoms with E-state index in [4.69, 9.17) is 4.74 Å². The third-order valence-corrected chi connectivity index (χ3v) is 3.90. The van der Waals surface area contributed by atoms with Crippen molar-refractivity contribution in [2.75, 3.05) is 6.61 Å². The first kappa shape index (κ1) is 13.4. The van der Waals surface area contributed by atoms with E-state index in [9.17, 15) is 0 Å². The number of halogens is 1. The molecule has 1 atom stereocenters. The predicted molar refractivity (Wildman–Crippen MR) is 84.6 cm³/mol. The van der Waals surface area contributed by atoms with E-state index in [1.165, 1.54) is 16.7 Å². The molecule has 0 N–H and O–H groups in total. The van der Waals surface area contributed by atoms with Gasteiger partial charge in [0.05, 0.1) is 6.61 Å². The molecule has 1 aliphatic rings. The standard InChI is InChI=1S/C18H15BrO/c1-13-3-2-4-14(11-13)5-8-18-17-7-6-16(19)12-15(17)9-10-20-18/h2-4,6-7,11-12,18H,9-10H2,1H3/t18-/m0/s1. The van der Waals surface area contributed by atoms with Crippen molar-refractivity contribution in [1.82, 2.24) is 0 Å². The lowest BCUT2D eigenvalue weighted by atomic mass is 9.97. The molecule has 1 aliphatic heterocycles. The maximum Gasteiger partial charge on any atom is 0.144 e. The molecule has 20 heavy (non-hydrogen) atoms. The molecule has 0 aromatic heterocycles. The van der Waals surface area contributed by atoms with Crippen LogP contribution >= 0.6 is 15.9 Å². The third-order valence-electron chi connectivity index (χ3n) is 3.41. The quantitative estimate of drug-likeness (QED) is 0.651. The molecular weight excluding hydrogens is 312 g/mol. The van der Waals surface area contributed by atoms with Crippen molar-refractivity contribution in [3.8, 4) is 11.8 Å². The summed E-state index contributed by atoms with van der Waals surface area (Å²) in [6.45, 7) is 2.81. The molecule has 0 amide bonds. The second-order valence-electron chi connectivity index (χ2n) is 4.98. The molecule has 2 heteroatoms. The smallest absolute Gasteiger partial charge is 0.144 e. The van der Waals surface area contributed by atoms with Crippen LogP contribution < -0.4 is 0 Å². The molecule has 2 aromatic carbocycles. The van der Waals surface area contributed by atoms with Crippen LogP contribution in [0.25, 0.3) is 0 Å². The van der Waals surface area contributed by atoms with Gasteiger partial charge in [-0.1, -0.05) is 46.0 Å². The molecule has 0 radical (unpaired) electrons. The number of rotatable bonds is 0. The Bertz CT molecular complexity index is 694. The minimum atomic E-state index is -0.118. The van der Waals surface area contributed by atoms with E-state index in [1.54, 1.807) is 0 Å². The first-order valence-corrected chi connectivity index (χ1v) is 7.50. The van der Waals surface area contributed by atoms with E-state index in [0.29, 0.717) is 0 Å². The molecule has 0 saturated carbocycles. The lowest BCUT2D eigenvalue weighted by molar-refractivity contribution is 0.0813. The Hall–Kier alpha value is -1.56. The Balaban J connectivity index is 1.91. The molecule has 0 spiro atoms. The molecule has 0 saturated heterocycles. The van der Waals surface area contributed by atoms with Crippen molar-refractivity contribution in [3.63, 3.8) is 0 Å². The Labute approximate surface area is 128 Å². The SMILES string of the molecule is Cc1cccc(C#C[C@@H]2OCCc3cc(Br)ccc32)c1. The third kappa shape index (κ3) is 2.95. The summed E-state index contributed by atoms with van der Waals surface area (Å²) in [5, 5.41) is 0. The van der Waals surface area contributed by atoms with Crippen molar-refractivity contribution in [1.29, 1.82) is 0 Å². The van der Waals surface area contributed by atoms with Crippen LogP contribution in [0.1, 0.15) is 28.4 Å². The Kier molecular flexibility index (Phi) is 3.91. The van der Waals surface area contributed by atoms with Crippen molar-refractivity contribution in [2.45, 2.75) is 19.4 Å². The molecule has 1 heterocycles. The Morgan fingerprint density at radius 1 is 1.20 bits per heavy atom. The summed E-state index contributed by atoms with van der Waals surface area (Å²) in [4.78, 5) is 0. The van der Waals surface area contributed by atoms with Crippen LogP contribution in [-0.4, -0.2) is 6.61 Å². The molecular formula is C18H15BrO. The maximum absolute atomic E-state index is 5.81. The van der Waals surface area contributed by atoms with Gasteiger partial charge < -0.3 is 4.74 Å². The summed E-state index contributed by atoms with van der Waals surface area (Å²) < 4.78 is 6.92. The minimum absolute atomic E-state index is 0.118. The summed E-state index contributed by atoms with van der Waals surface area (Å²) >= 11 is 3.52. The Morgan fingerprint density at radius 3 is 2.95 bits per heavy atom. The van der Waals surface area contributed by atoms with Gasteiger partial charge in [-0.25, -0.2) is 0 Å². The number of benzene rings is 2. The first-order valence-electron chi connectivity index (χ1n) is 6.70. The van der Waals surface area contributed by atoms with E-state index in [0.717, 1.165) is 23.1 Å². The van der Waals surface area contributed by atoms with Gasteiger partial charge in [0.15, 0.2) is 0 Å². The lowest BCUT2D eigenvalue weighted by Crippen LogP contribution is -2.15. The molecule has 1 nitrogen and oxygen atoms in total. The number of ether oxygens (including phenoxy) is 1. The highest BCUT2D eigenvalue weighted by Crippen LogP contribution is 2.28. The van der Waals surface area contributed by atoms with E-state index in [-0.39, 0.29) is 6.10 Å². The van der Waals surface area contributed by atoms with Gasteiger partial charge in [0.1, 0.15) is 6.10 Å². The number of hydrogen-bond acceptors (Lipinski definition) is 1. The molecule has 2 aromatic rings. The van der Waals surface area contributed by atoms with E-state index < -0.39 is 0 Å². The predicted octanol–water partition coefficient (Wildman–Crippen LogP) is 4.42. The maximum atomic E-state index is 5.81. The zero-order valence-corrected chi connectivity index (χ0v) is 12.9. The van der Waals surface area contributed by atoms with Gasteiger partial charge in [-0.2, -0.15) is 0 Å². The van der Waals surface area contributed by atoms with Crippen molar-refractivity contribution in [2.24, 2.45) is 0 Å². The van der Waals surface area contributed by atoms with Crippen molar-refractivity contribution < 1.29 is 4.74 Å². The van der Waals surface area contributed by atoms with Crippen LogP contribution in [-0.2, 0) is 11.2 Å². The topological polar surface area (TPSA) is 9.23 Å². The van der Waals surface area contributed by atoms with Crippen LogP contribution in [0.15, 0.2) is 46.9 Å². The molecule has 0 fully saturated rings. The lowest BCUT2D eigenvalue weighted by Gasteiger charge is -2.22. The molecule has 0 unspecified atom stereocenters. The molecule has 0 aliphatic carbocycles. The van der Waals surface area contributed by atoms with Crippen LogP contribution in [0.4, 0.5) is 0 Å². The highest BCUT2D eigenvalue weighted by Gasteiger charge is 2.18. The van der Waals surface area contributed by atoms with E-state index in [1.807, 2.05) is 12.1 Å². The van der Waals surface area contributed by atoms with Crippen molar-refractivity contribution >= 4 is 15.9 Å². The fourth-order valence-corrected chi connectivity index (χ4v) is 2.82. The number of fused-ring (bicyclic) bond motifs is 1.